The van der Waals surface area contributed by atoms with Crippen LogP contribution in [-0.4, -0.2) is 61.6 Å². The summed E-state index contributed by atoms with van der Waals surface area (Å²) in [5, 5.41) is 2.93. The highest BCUT2D eigenvalue weighted by atomic mass is 16.5. The average Bonchev–Trinajstić information content (AvgIpc) is 2.61. The fourth-order valence-corrected chi connectivity index (χ4v) is 2.75. The van der Waals surface area contributed by atoms with Gasteiger partial charge < -0.3 is 15.0 Å². The molecule has 1 heterocycles. The van der Waals surface area contributed by atoms with Crippen LogP contribution in [0.2, 0.25) is 0 Å². The van der Waals surface area contributed by atoms with Crippen molar-refractivity contribution in [2.75, 3.05) is 45.2 Å². The van der Waals surface area contributed by atoms with E-state index in [2.05, 4.69) is 31.3 Å². The number of ether oxygens (including phenoxy) is 1. The first kappa shape index (κ1) is 18.3. The number of methoxy groups -OCH3 is 1. The molecule has 2 amide bonds. The van der Waals surface area contributed by atoms with Gasteiger partial charge >= 0.3 is 6.09 Å². The van der Waals surface area contributed by atoms with Crippen LogP contribution in [0.3, 0.4) is 0 Å². The van der Waals surface area contributed by atoms with Crippen LogP contribution in [-0.2, 0) is 9.53 Å². The van der Waals surface area contributed by atoms with Crippen molar-refractivity contribution in [1.82, 2.24) is 9.80 Å². The smallest absolute Gasteiger partial charge is 0.409 e. The van der Waals surface area contributed by atoms with Crippen LogP contribution in [0.4, 0.5) is 10.5 Å². The summed E-state index contributed by atoms with van der Waals surface area (Å²) in [6.45, 7) is 7.22. The summed E-state index contributed by atoms with van der Waals surface area (Å²) in [6, 6.07) is 8.04. The summed E-state index contributed by atoms with van der Waals surface area (Å²) < 4.78 is 4.71. The maximum Gasteiger partial charge on any atom is 0.409 e. The van der Waals surface area contributed by atoms with E-state index in [0.29, 0.717) is 38.6 Å². The quantitative estimate of drug-likeness (QED) is 0.899. The second-order valence-corrected chi connectivity index (χ2v) is 6.21. The molecule has 0 aromatic heterocycles. The molecule has 1 fully saturated rings. The largest absolute Gasteiger partial charge is 0.453 e. The van der Waals surface area contributed by atoms with Gasteiger partial charge in [0, 0.05) is 31.9 Å². The lowest BCUT2D eigenvalue weighted by Crippen LogP contribution is -2.50. The van der Waals surface area contributed by atoms with Crippen LogP contribution < -0.4 is 5.32 Å². The van der Waals surface area contributed by atoms with Gasteiger partial charge in [0.05, 0.1) is 13.7 Å². The van der Waals surface area contributed by atoms with E-state index in [1.807, 2.05) is 17.0 Å². The Morgan fingerprint density at radius 3 is 2.33 bits per heavy atom. The molecular weight excluding hydrogens is 306 g/mol. The molecule has 0 aliphatic carbocycles. The summed E-state index contributed by atoms with van der Waals surface area (Å²) in [6.07, 6.45) is 0.795. The van der Waals surface area contributed by atoms with E-state index in [0.717, 1.165) is 12.1 Å². The molecule has 1 atom stereocenters. The lowest BCUT2D eigenvalue weighted by Gasteiger charge is -2.33. The maximum atomic E-state index is 12.2. The third-order valence-corrected chi connectivity index (χ3v) is 4.55. The van der Waals surface area contributed by atoms with Crippen molar-refractivity contribution in [3.05, 3.63) is 29.8 Å². The van der Waals surface area contributed by atoms with Crippen LogP contribution in [0, 0.1) is 0 Å². The van der Waals surface area contributed by atoms with Crippen molar-refractivity contribution >= 4 is 17.7 Å². The molecule has 0 saturated carbocycles. The Labute approximate surface area is 143 Å². The zero-order chi connectivity index (χ0) is 17.5. The molecule has 2 rings (SSSR count). The zero-order valence-electron chi connectivity index (χ0n) is 14.7. The molecule has 6 heteroatoms. The predicted octanol–water partition coefficient (Wildman–Crippen LogP) is 2.52. The van der Waals surface area contributed by atoms with Gasteiger partial charge in [-0.15, -0.1) is 0 Å². The monoisotopic (exact) mass is 333 g/mol. The van der Waals surface area contributed by atoms with Crippen LogP contribution >= 0.6 is 0 Å². The molecular formula is C18H27N3O3. The Balaban J connectivity index is 1.78. The minimum Gasteiger partial charge on any atom is -0.453 e. The molecule has 1 aromatic rings. The van der Waals surface area contributed by atoms with Crippen molar-refractivity contribution in [2.45, 2.75) is 26.2 Å². The number of hydrogen-bond donors (Lipinski definition) is 1. The molecule has 6 nitrogen and oxygen atoms in total. The average molecular weight is 333 g/mol. The molecule has 24 heavy (non-hydrogen) atoms. The number of hydrogen-bond acceptors (Lipinski definition) is 4. The first-order valence-electron chi connectivity index (χ1n) is 8.48. The van der Waals surface area contributed by atoms with Crippen molar-refractivity contribution < 1.29 is 14.3 Å². The SMILES string of the molecule is CCC(C)c1ccc(NC(=O)CN2CCN(C(=O)OC)CC2)cc1. The number of carbonyl (C=O) groups excluding carboxylic acids is 2. The van der Waals surface area contributed by atoms with E-state index in [-0.39, 0.29) is 12.0 Å². The fraction of sp³-hybridized carbons (Fsp3) is 0.556. The molecule has 1 aliphatic heterocycles. The molecule has 1 unspecified atom stereocenters. The Kier molecular flexibility index (Phi) is 6.61. The summed E-state index contributed by atoms with van der Waals surface area (Å²) in [7, 11) is 1.38. The summed E-state index contributed by atoms with van der Waals surface area (Å²) in [5.41, 5.74) is 2.11. The van der Waals surface area contributed by atoms with Gasteiger partial charge in [0.1, 0.15) is 0 Å². The highest BCUT2D eigenvalue weighted by molar-refractivity contribution is 5.92. The first-order valence-corrected chi connectivity index (χ1v) is 8.48. The standard InChI is InChI=1S/C18H27N3O3/c1-4-14(2)15-5-7-16(8-6-15)19-17(22)13-20-9-11-21(12-10-20)18(23)24-3/h5-8,14H,4,9-13H2,1-3H3,(H,19,22). The minimum atomic E-state index is -0.305. The number of nitrogens with one attached hydrogen (secondary N) is 1. The molecule has 132 valence electrons. The van der Waals surface area contributed by atoms with Crippen LogP contribution in [0.5, 0.6) is 0 Å². The number of rotatable bonds is 5. The lowest BCUT2D eigenvalue weighted by atomic mass is 9.99. The van der Waals surface area contributed by atoms with Gasteiger partial charge in [0.25, 0.3) is 0 Å². The van der Waals surface area contributed by atoms with E-state index < -0.39 is 0 Å². The maximum absolute atomic E-state index is 12.2. The normalized spacial score (nSPS) is 16.5. The zero-order valence-corrected chi connectivity index (χ0v) is 14.7. The van der Waals surface area contributed by atoms with Crippen molar-refractivity contribution in [3.8, 4) is 0 Å². The van der Waals surface area contributed by atoms with E-state index in [1.54, 1.807) is 4.90 Å². The van der Waals surface area contributed by atoms with Gasteiger partial charge in [-0.25, -0.2) is 4.79 Å². The summed E-state index contributed by atoms with van der Waals surface area (Å²) in [4.78, 5) is 27.3. The Bertz CT molecular complexity index is 551. The molecule has 1 aromatic carbocycles. The van der Waals surface area contributed by atoms with Crippen LogP contribution in [0.25, 0.3) is 0 Å². The summed E-state index contributed by atoms with van der Waals surface area (Å²) >= 11 is 0. The predicted molar refractivity (Wildman–Crippen MR) is 94.2 cm³/mol. The van der Waals surface area contributed by atoms with Gasteiger partial charge in [0.15, 0.2) is 0 Å². The third-order valence-electron chi connectivity index (χ3n) is 4.55. The number of carbonyl (C=O) groups is 2. The molecule has 1 aliphatic rings. The van der Waals surface area contributed by atoms with Gasteiger partial charge in [-0.3, -0.25) is 9.69 Å². The lowest BCUT2D eigenvalue weighted by molar-refractivity contribution is -0.117. The Morgan fingerprint density at radius 1 is 1.17 bits per heavy atom. The number of anilines is 1. The topological polar surface area (TPSA) is 61.9 Å². The van der Waals surface area contributed by atoms with Crippen LogP contribution in [0.1, 0.15) is 31.7 Å². The third kappa shape index (κ3) is 4.96. The molecule has 0 bridgehead atoms. The second kappa shape index (κ2) is 8.68. The first-order chi connectivity index (χ1) is 11.5. The van der Waals surface area contributed by atoms with Gasteiger partial charge in [-0.1, -0.05) is 26.0 Å². The van der Waals surface area contributed by atoms with Crippen molar-refractivity contribution in [2.24, 2.45) is 0 Å². The van der Waals surface area contributed by atoms with E-state index in [9.17, 15) is 9.59 Å². The fourth-order valence-electron chi connectivity index (χ4n) is 2.75. The van der Waals surface area contributed by atoms with E-state index in [4.69, 9.17) is 4.74 Å². The number of nitrogens with zero attached hydrogens (tertiary/aromatic N) is 2. The van der Waals surface area contributed by atoms with Crippen LogP contribution in [0.15, 0.2) is 24.3 Å². The van der Waals surface area contributed by atoms with Crippen molar-refractivity contribution in [3.63, 3.8) is 0 Å². The molecule has 0 radical (unpaired) electrons. The van der Waals surface area contributed by atoms with Crippen molar-refractivity contribution in [1.29, 1.82) is 0 Å². The molecule has 1 saturated heterocycles. The Morgan fingerprint density at radius 2 is 1.79 bits per heavy atom. The molecule has 1 N–H and O–H groups in total. The van der Waals surface area contributed by atoms with E-state index >= 15 is 0 Å². The molecule has 0 spiro atoms. The number of piperazine rings is 1. The number of benzene rings is 1. The van der Waals surface area contributed by atoms with E-state index in [1.165, 1.54) is 12.7 Å². The van der Waals surface area contributed by atoms with Gasteiger partial charge in [-0.05, 0) is 30.0 Å². The van der Waals surface area contributed by atoms with Gasteiger partial charge in [-0.2, -0.15) is 0 Å². The minimum absolute atomic E-state index is 0.0298. The van der Waals surface area contributed by atoms with Gasteiger partial charge in [0.2, 0.25) is 5.91 Å². The highest BCUT2D eigenvalue weighted by Gasteiger charge is 2.22. The second-order valence-electron chi connectivity index (χ2n) is 6.21. The Hall–Kier alpha value is -2.08. The highest BCUT2D eigenvalue weighted by Crippen LogP contribution is 2.20. The summed E-state index contributed by atoms with van der Waals surface area (Å²) in [5.74, 6) is 0.499. The number of amides is 2.